The van der Waals surface area contributed by atoms with E-state index in [0.717, 1.165) is 23.7 Å². The highest BCUT2D eigenvalue weighted by Crippen LogP contribution is 2.26. The van der Waals surface area contributed by atoms with Gasteiger partial charge in [0, 0.05) is 6.42 Å². The third kappa shape index (κ3) is 2.67. The van der Waals surface area contributed by atoms with Crippen molar-refractivity contribution in [3.63, 3.8) is 0 Å². The maximum atomic E-state index is 5.94. The molecule has 0 bridgehead atoms. The summed E-state index contributed by atoms with van der Waals surface area (Å²) >= 11 is 0. The van der Waals surface area contributed by atoms with Crippen LogP contribution >= 0.6 is 0 Å². The van der Waals surface area contributed by atoms with Crippen molar-refractivity contribution < 1.29 is 4.74 Å². The average molecular weight is 246 g/mol. The maximum Gasteiger partial charge on any atom is 0.156 e. The lowest BCUT2D eigenvalue weighted by Crippen LogP contribution is -2.24. The van der Waals surface area contributed by atoms with Crippen molar-refractivity contribution in [3.05, 3.63) is 30.1 Å². The molecule has 0 amide bonds. The molecule has 0 aliphatic rings. The Labute approximate surface area is 107 Å². The number of nitrogens with zero attached hydrogens (tertiary/aromatic N) is 4. The van der Waals surface area contributed by atoms with Crippen molar-refractivity contribution in [2.45, 2.75) is 39.7 Å². The van der Waals surface area contributed by atoms with Gasteiger partial charge in [-0.2, -0.15) is 4.68 Å². The first-order valence-electron chi connectivity index (χ1n) is 6.07. The van der Waals surface area contributed by atoms with Crippen molar-refractivity contribution in [2.75, 3.05) is 0 Å². The second-order valence-corrected chi connectivity index (χ2v) is 5.04. The molecule has 5 heteroatoms. The van der Waals surface area contributed by atoms with E-state index in [-0.39, 0.29) is 5.60 Å². The van der Waals surface area contributed by atoms with Gasteiger partial charge in [0.1, 0.15) is 17.0 Å². The molecule has 18 heavy (non-hydrogen) atoms. The maximum absolute atomic E-state index is 5.94. The Morgan fingerprint density at radius 2 is 1.94 bits per heavy atom. The van der Waals surface area contributed by atoms with Crippen molar-refractivity contribution in [2.24, 2.45) is 0 Å². The van der Waals surface area contributed by atoms with Gasteiger partial charge >= 0.3 is 0 Å². The van der Waals surface area contributed by atoms with Crippen molar-refractivity contribution in [1.82, 2.24) is 20.2 Å². The molecule has 2 rings (SSSR count). The quantitative estimate of drug-likeness (QED) is 0.834. The summed E-state index contributed by atoms with van der Waals surface area (Å²) < 4.78 is 7.66. The fraction of sp³-hybridized carbons (Fsp3) is 0.462. The topological polar surface area (TPSA) is 52.8 Å². The summed E-state index contributed by atoms with van der Waals surface area (Å²) in [5, 5.41) is 11.7. The van der Waals surface area contributed by atoms with Crippen molar-refractivity contribution >= 4 is 0 Å². The zero-order valence-electron chi connectivity index (χ0n) is 11.2. The highest BCUT2D eigenvalue weighted by atomic mass is 16.5. The molecule has 2 aromatic rings. The third-order valence-electron chi connectivity index (χ3n) is 2.36. The highest BCUT2D eigenvalue weighted by molar-refractivity contribution is 5.46. The Morgan fingerprint density at radius 1 is 1.22 bits per heavy atom. The minimum absolute atomic E-state index is 0.253. The van der Waals surface area contributed by atoms with E-state index in [9.17, 15) is 0 Å². The van der Waals surface area contributed by atoms with Crippen LogP contribution in [0.3, 0.4) is 0 Å². The number of ether oxygens (including phenoxy) is 1. The van der Waals surface area contributed by atoms with Crippen LogP contribution in [-0.2, 0) is 6.42 Å². The molecule has 0 atom stereocenters. The van der Waals surface area contributed by atoms with Crippen LogP contribution in [0.4, 0.5) is 0 Å². The molecule has 5 nitrogen and oxygen atoms in total. The molecular formula is C13H18N4O. The fourth-order valence-electron chi connectivity index (χ4n) is 1.66. The van der Waals surface area contributed by atoms with E-state index in [1.165, 1.54) is 0 Å². The Bertz CT molecular complexity index is 528. The van der Waals surface area contributed by atoms with Crippen LogP contribution in [0.15, 0.2) is 24.3 Å². The van der Waals surface area contributed by atoms with Crippen LogP contribution in [0.25, 0.3) is 5.69 Å². The molecule has 0 spiro atoms. The number of hydrogen-bond acceptors (Lipinski definition) is 4. The van der Waals surface area contributed by atoms with Crippen LogP contribution in [0.1, 0.15) is 33.5 Å². The van der Waals surface area contributed by atoms with Crippen molar-refractivity contribution in [1.29, 1.82) is 0 Å². The van der Waals surface area contributed by atoms with E-state index >= 15 is 0 Å². The second-order valence-electron chi connectivity index (χ2n) is 5.04. The Kier molecular flexibility index (Phi) is 3.32. The van der Waals surface area contributed by atoms with Gasteiger partial charge in [0.15, 0.2) is 5.82 Å². The summed E-state index contributed by atoms with van der Waals surface area (Å²) in [5.41, 5.74) is 0.616. The molecule has 0 saturated heterocycles. The van der Waals surface area contributed by atoms with Gasteiger partial charge in [-0.15, -0.1) is 5.10 Å². The van der Waals surface area contributed by atoms with Gasteiger partial charge in [-0.05, 0) is 43.3 Å². The lowest BCUT2D eigenvalue weighted by molar-refractivity contribution is 0.130. The number of hydrogen-bond donors (Lipinski definition) is 0. The molecule has 0 fully saturated rings. The molecule has 0 N–H and O–H groups in total. The van der Waals surface area contributed by atoms with Crippen LogP contribution in [0.2, 0.25) is 0 Å². The van der Waals surface area contributed by atoms with Gasteiger partial charge in [0.25, 0.3) is 0 Å². The van der Waals surface area contributed by atoms with Gasteiger partial charge in [-0.25, -0.2) is 0 Å². The number of para-hydroxylation sites is 2. The first-order chi connectivity index (χ1) is 8.51. The zero-order chi connectivity index (χ0) is 13.2. The lowest BCUT2D eigenvalue weighted by Gasteiger charge is -2.23. The predicted octanol–water partition coefficient (Wildman–Crippen LogP) is 2.40. The van der Waals surface area contributed by atoms with Gasteiger partial charge < -0.3 is 4.74 Å². The third-order valence-corrected chi connectivity index (χ3v) is 2.36. The Balaban J connectivity index is 2.45. The zero-order valence-corrected chi connectivity index (χ0v) is 11.2. The number of aryl methyl sites for hydroxylation is 1. The smallest absolute Gasteiger partial charge is 0.156 e. The van der Waals surface area contributed by atoms with E-state index < -0.39 is 0 Å². The fourth-order valence-corrected chi connectivity index (χ4v) is 1.66. The molecule has 1 aromatic carbocycles. The van der Waals surface area contributed by atoms with E-state index in [1.807, 2.05) is 52.0 Å². The summed E-state index contributed by atoms with van der Waals surface area (Å²) in [5.74, 6) is 1.60. The van der Waals surface area contributed by atoms with Crippen LogP contribution in [0, 0.1) is 0 Å². The normalized spacial score (nSPS) is 11.6. The molecule has 0 unspecified atom stereocenters. The average Bonchev–Trinajstić information content (AvgIpc) is 2.75. The van der Waals surface area contributed by atoms with E-state index in [2.05, 4.69) is 15.5 Å². The Hall–Kier alpha value is -1.91. The van der Waals surface area contributed by atoms with E-state index in [4.69, 9.17) is 4.74 Å². The molecule has 0 aliphatic heterocycles. The molecule has 0 aliphatic carbocycles. The predicted molar refractivity (Wildman–Crippen MR) is 68.9 cm³/mol. The van der Waals surface area contributed by atoms with Gasteiger partial charge in [-0.1, -0.05) is 19.1 Å². The molecule has 0 radical (unpaired) electrons. The molecule has 1 heterocycles. The summed E-state index contributed by atoms with van der Waals surface area (Å²) in [4.78, 5) is 0. The number of aromatic nitrogens is 4. The second kappa shape index (κ2) is 4.76. The molecule has 0 saturated carbocycles. The monoisotopic (exact) mass is 246 g/mol. The van der Waals surface area contributed by atoms with Crippen LogP contribution in [0.5, 0.6) is 5.75 Å². The largest absolute Gasteiger partial charge is 0.486 e. The van der Waals surface area contributed by atoms with Crippen LogP contribution in [-0.4, -0.2) is 25.8 Å². The lowest BCUT2D eigenvalue weighted by atomic mass is 10.2. The summed E-state index contributed by atoms with van der Waals surface area (Å²) in [6, 6.07) is 7.78. The van der Waals surface area contributed by atoms with Crippen molar-refractivity contribution in [3.8, 4) is 11.4 Å². The summed E-state index contributed by atoms with van der Waals surface area (Å²) in [6.07, 6.45) is 0.775. The van der Waals surface area contributed by atoms with E-state index in [1.54, 1.807) is 4.68 Å². The van der Waals surface area contributed by atoms with Gasteiger partial charge in [0.05, 0.1) is 0 Å². The first-order valence-corrected chi connectivity index (χ1v) is 6.07. The van der Waals surface area contributed by atoms with Gasteiger partial charge in [0.2, 0.25) is 0 Å². The number of tetrazole rings is 1. The first kappa shape index (κ1) is 12.5. The minimum atomic E-state index is -0.253. The molecular weight excluding hydrogens is 228 g/mol. The summed E-state index contributed by atoms with van der Waals surface area (Å²) in [7, 11) is 0. The molecule has 96 valence electrons. The Morgan fingerprint density at radius 3 is 2.61 bits per heavy atom. The molecule has 1 aromatic heterocycles. The SMILES string of the molecule is CCc1nnnn1-c1ccccc1OC(C)(C)C. The van der Waals surface area contributed by atoms with E-state index in [0.29, 0.717) is 0 Å². The number of benzene rings is 1. The minimum Gasteiger partial charge on any atom is -0.486 e. The standard InChI is InChI=1S/C13H18N4O/c1-5-12-14-15-16-17(12)10-8-6-7-9-11(10)18-13(2,3)4/h6-9H,5H2,1-4H3. The number of rotatable bonds is 3. The van der Waals surface area contributed by atoms with Gasteiger partial charge in [-0.3, -0.25) is 0 Å². The highest BCUT2D eigenvalue weighted by Gasteiger charge is 2.17. The van der Waals surface area contributed by atoms with Crippen LogP contribution < -0.4 is 4.74 Å². The summed E-state index contributed by atoms with van der Waals surface area (Å²) in [6.45, 7) is 8.08.